The molecule has 1 aliphatic rings. The molecule has 0 amide bonds. The molecule has 1 N–H and O–H groups in total. The van der Waals surface area contributed by atoms with E-state index < -0.39 is 12.0 Å². The summed E-state index contributed by atoms with van der Waals surface area (Å²) < 4.78 is 0. The number of aliphatic carboxylic acids is 1. The Balaban J connectivity index is 1.94. The second-order valence-corrected chi connectivity index (χ2v) is 5.09. The highest BCUT2D eigenvalue weighted by atomic mass is 16.4. The van der Waals surface area contributed by atoms with E-state index >= 15 is 0 Å². The van der Waals surface area contributed by atoms with E-state index in [-0.39, 0.29) is 0 Å². The number of anilines is 1. The molecule has 1 atom stereocenters. The second-order valence-electron chi connectivity index (χ2n) is 5.09. The van der Waals surface area contributed by atoms with Gasteiger partial charge >= 0.3 is 5.97 Å². The molecule has 2 aromatic rings. The Bertz CT molecular complexity index is 654. The van der Waals surface area contributed by atoms with Crippen molar-refractivity contribution in [2.75, 3.05) is 4.90 Å². The third kappa shape index (κ3) is 2.25. The van der Waals surface area contributed by atoms with Crippen LogP contribution in [0.5, 0.6) is 0 Å². The standard InChI is InChI=1S/C16H16N2O2/c1-11-5-4-7-13(17-11)10-18-14-8-3-2-6-12(14)9-15(18)16(19)20/h2-8,15H,9-10H2,1H3,(H,19,20). The van der Waals surface area contributed by atoms with E-state index in [1.165, 1.54) is 0 Å². The maximum Gasteiger partial charge on any atom is 0.326 e. The van der Waals surface area contributed by atoms with Crippen molar-refractivity contribution in [1.82, 2.24) is 4.98 Å². The van der Waals surface area contributed by atoms with Gasteiger partial charge in [-0.25, -0.2) is 4.79 Å². The van der Waals surface area contributed by atoms with Crippen molar-refractivity contribution >= 4 is 11.7 Å². The van der Waals surface area contributed by atoms with Crippen LogP contribution in [0.1, 0.15) is 17.0 Å². The maximum atomic E-state index is 11.5. The number of para-hydroxylation sites is 1. The van der Waals surface area contributed by atoms with Crippen LogP contribution in [0.25, 0.3) is 0 Å². The van der Waals surface area contributed by atoms with Gasteiger partial charge in [-0.05, 0) is 30.7 Å². The summed E-state index contributed by atoms with van der Waals surface area (Å²) in [5, 5.41) is 9.43. The fourth-order valence-corrected chi connectivity index (χ4v) is 2.73. The number of carboxylic acid groups (broad SMARTS) is 1. The van der Waals surface area contributed by atoms with E-state index in [2.05, 4.69) is 4.98 Å². The Morgan fingerprint density at radius 2 is 2.10 bits per heavy atom. The topological polar surface area (TPSA) is 53.4 Å². The van der Waals surface area contributed by atoms with Crippen LogP contribution in [0, 0.1) is 6.92 Å². The lowest BCUT2D eigenvalue weighted by molar-refractivity contribution is -0.138. The van der Waals surface area contributed by atoms with Gasteiger partial charge in [-0.2, -0.15) is 0 Å². The first-order chi connectivity index (χ1) is 9.65. The maximum absolute atomic E-state index is 11.5. The molecular weight excluding hydrogens is 252 g/mol. The van der Waals surface area contributed by atoms with Gasteiger partial charge in [0.1, 0.15) is 6.04 Å². The number of fused-ring (bicyclic) bond motifs is 1. The highest BCUT2D eigenvalue weighted by Gasteiger charge is 2.34. The highest BCUT2D eigenvalue weighted by molar-refractivity contribution is 5.82. The summed E-state index contributed by atoms with van der Waals surface area (Å²) in [6.45, 7) is 2.46. The van der Waals surface area contributed by atoms with E-state index in [9.17, 15) is 9.90 Å². The van der Waals surface area contributed by atoms with E-state index in [1.54, 1.807) is 0 Å². The zero-order chi connectivity index (χ0) is 14.1. The first-order valence-corrected chi connectivity index (χ1v) is 6.65. The normalized spacial score (nSPS) is 17.1. The molecule has 4 nitrogen and oxygen atoms in total. The van der Waals surface area contributed by atoms with Gasteiger partial charge < -0.3 is 10.0 Å². The number of rotatable bonds is 3. The molecule has 1 aliphatic heterocycles. The number of aryl methyl sites for hydroxylation is 1. The number of nitrogens with zero attached hydrogens (tertiary/aromatic N) is 2. The number of aromatic nitrogens is 1. The van der Waals surface area contributed by atoms with Gasteiger partial charge in [0.25, 0.3) is 0 Å². The summed E-state index contributed by atoms with van der Waals surface area (Å²) in [6, 6.07) is 13.2. The Labute approximate surface area is 117 Å². The molecule has 0 spiro atoms. The van der Waals surface area contributed by atoms with E-state index in [0.717, 1.165) is 22.6 Å². The van der Waals surface area contributed by atoms with Crippen LogP contribution in [0.3, 0.4) is 0 Å². The fraction of sp³-hybridized carbons (Fsp3) is 0.250. The molecule has 102 valence electrons. The van der Waals surface area contributed by atoms with Crippen LogP contribution in [0.4, 0.5) is 5.69 Å². The van der Waals surface area contributed by atoms with Crippen molar-refractivity contribution in [3.63, 3.8) is 0 Å². The molecule has 0 saturated carbocycles. The average Bonchev–Trinajstić information content (AvgIpc) is 2.78. The molecule has 4 heteroatoms. The number of hydrogen-bond acceptors (Lipinski definition) is 3. The van der Waals surface area contributed by atoms with Crippen LogP contribution >= 0.6 is 0 Å². The summed E-state index contributed by atoms with van der Waals surface area (Å²) in [4.78, 5) is 17.9. The van der Waals surface area contributed by atoms with Crippen molar-refractivity contribution < 1.29 is 9.90 Å². The third-order valence-electron chi connectivity index (χ3n) is 3.65. The van der Waals surface area contributed by atoms with Crippen LogP contribution in [0.2, 0.25) is 0 Å². The van der Waals surface area contributed by atoms with Gasteiger partial charge in [-0.1, -0.05) is 24.3 Å². The summed E-state index contributed by atoms with van der Waals surface area (Å²) in [5.41, 5.74) is 3.94. The van der Waals surface area contributed by atoms with E-state index in [4.69, 9.17) is 0 Å². The lowest BCUT2D eigenvalue weighted by atomic mass is 10.1. The minimum atomic E-state index is -0.783. The monoisotopic (exact) mass is 268 g/mol. The van der Waals surface area contributed by atoms with Crippen LogP contribution in [-0.2, 0) is 17.8 Å². The summed E-state index contributed by atoms with van der Waals surface area (Å²) in [7, 11) is 0. The fourth-order valence-electron chi connectivity index (χ4n) is 2.73. The molecule has 1 aromatic heterocycles. The van der Waals surface area contributed by atoms with Crippen molar-refractivity contribution in [1.29, 1.82) is 0 Å². The molecule has 0 aliphatic carbocycles. The zero-order valence-electron chi connectivity index (χ0n) is 11.3. The third-order valence-corrected chi connectivity index (χ3v) is 3.65. The van der Waals surface area contributed by atoms with Gasteiger partial charge in [-0.15, -0.1) is 0 Å². The van der Waals surface area contributed by atoms with Gasteiger partial charge in [0.05, 0.1) is 12.2 Å². The Morgan fingerprint density at radius 1 is 1.30 bits per heavy atom. The lowest BCUT2D eigenvalue weighted by Gasteiger charge is -2.24. The predicted molar refractivity (Wildman–Crippen MR) is 76.7 cm³/mol. The molecule has 3 rings (SSSR count). The Morgan fingerprint density at radius 3 is 2.85 bits per heavy atom. The first kappa shape index (κ1) is 12.7. The quantitative estimate of drug-likeness (QED) is 0.928. The Kier molecular flexibility index (Phi) is 3.14. The second kappa shape index (κ2) is 4.96. The van der Waals surface area contributed by atoms with Crippen LogP contribution < -0.4 is 4.90 Å². The number of pyridine rings is 1. The molecule has 0 radical (unpaired) electrons. The van der Waals surface area contributed by atoms with Gasteiger partial charge in [0.2, 0.25) is 0 Å². The number of benzene rings is 1. The molecule has 2 heterocycles. The van der Waals surface area contributed by atoms with Crippen LogP contribution in [-0.4, -0.2) is 22.1 Å². The van der Waals surface area contributed by atoms with Gasteiger partial charge in [0.15, 0.2) is 0 Å². The average molecular weight is 268 g/mol. The van der Waals surface area contributed by atoms with Crippen molar-refractivity contribution in [2.45, 2.75) is 25.9 Å². The molecule has 0 saturated heterocycles. The zero-order valence-corrected chi connectivity index (χ0v) is 11.3. The van der Waals surface area contributed by atoms with Crippen molar-refractivity contribution in [3.8, 4) is 0 Å². The largest absolute Gasteiger partial charge is 0.480 e. The Hall–Kier alpha value is -2.36. The molecule has 0 bridgehead atoms. The SMILES string of the molecule is Cc1cccc(CN2c3ccccc3CC2C(=O)O)n1. The smallest absolute Gasteiger partial charge is 0.326 e. The minimum Gasteiger partial charge on any atom is -0.480 e. The number of carboxylic acids is 1. The highest BCUT2D eigenvalue weighted by Crippen LogP contribution is 2.33. The molecular formula is C16H16N2O2. The molecule has 0 fully saturated rings. The van der Waals surface area contributed by atoms with Gasteiger partial charge in [0, 0.05) is 17.8 Å². The summed E-state index contributed by atoms with van der Waals surface area (Å²) in [5.74, 6) is -0.783. The molecule has 1 unspecified atom stereocenters. The molecule has 20 heavy (non-hydrogen) atoms. The minimum absolute atomic E-state index is 0.505. The summed E-state index contributed by atoms with van der Waals surface area (Å²) >= 11 is 0. The first-order valence-electron chi connectivity index (χ1n) is 6.65. The van der Waals surface area contributed by atoms with E-state index in [1.807, 2.05) is 54.3 Å². The van der Waals surface area contributed by atoms with E-state index in [0.29, 0.717) is 13.0 Å². The number of carbonyl (C=O) groups is 1. The van der Waals surface area contributed by atoms with Crippen molar-refractivity contribution in [3.05, 3.63) is 59.4 Å². The van der Waals surface area contributed by atoms with Gasteiger partial charge in [-0.3, -0.25) is 4.98 Å². The summed E-state index contributed by atoms with van der Waals surface area (Å²) in [6.07, 6.45) is 0.553. The lowest BCUT2D eigenvalue weighted by Crippen LogP contribution is -2.38. The number of hydrogen-bond donors (Lipinski definition) is 1. The predicted octanol–water partition coefficient (Wildman–Crippen LogP) is 2.41. The van der Waals surface area contributed by atoms with Crippen LogP contribution in [0.15, 0.2) is 42.5 Å². The van der Waals surface area contributed by atoms with Crippen molar-refractivity contribution in [2.24, 2.45) is 0 Å². The molecule has 1 aromatic carbocycles.